The summed E-state index contributed by atoms with van der Waals surface area (Å²) in [5, 5.41) is 12.1. The first kappa shape index (κ1) is 17.4. The van der Waals surface area contributed by atoms with Crippen molar-refractivity contribution in [1.82, 2.24) is 5.32 Å². The molecule has 0 fully saturated rings. The van der Waals surface area contributed by atoms with Gasteiger partial charge in [0.1, 0.15) is 11.9 Å². The number of amides is 1. The van der Waals surface area contributed by atoms with Gasteiger partial charge in [-0.2, -0.15) is 0 Å². The van der Waals surface area contributed by atoms with E-state index in [9.17, 15) is 19.1 Å². The molecule has 0 bridgehead atoms. The highest BCUT2D eigenvalue weighted by Crippen LogP contribution is 2.33. The van der Waals surface area contributed by atoms with Crippen LogP contribution in [0.5, 0.6) is 0 Å². The third kappa shape index (κ3) is 3.51. The van der Waals surface area contributed by atoms with Crippen LogP contribution in [0.15, 0.2) is 18.2 Å². The Labute approximate surface area is 137 Å². The van der Waals surface area contributed by atoms with E-state index in [0.29, 0.717) is 15.6 Å². The average Bonchev–Trinajstić information content (AvgIpc) is 2.84. The Morgan fingerprint density at radius 1 is 1.39 bits per heavy atom. The molecule has 1 heterocycles. The number of ether oxygens (including phenoxy) is 1. The smallest absolute Gasteiger partial charge is 0.326 e. The number of carboxylic acid groups (broad SMARTS) is 1. The molecule has 1 aromatic heterocycles. The molecular weight excluding hydrogens is 321 g/mol. The second-order valence-corrected chi connectivity index (χ2v) is 6.54. The largest absolute Gasteiger partial charge is 0.480 e. The van der Waals surface area contributed by atoms with Gasteiger partial charge in [0.15, 0.2) is 0 Å². The minimum absolute atomic E-state index is 0.0725. The number of halogens is 1. The Morgan fingerprint density at radius 3 is 2.65 bits per heavy atom. The van der Waals surface area contributed by atoms with Gasteiger partial charge in [0.2, 0.25) is 0 Å². The number of carboxylic acids is 1. The quantitative estimate of drug-likeness (QED) is 0.848. The third-order valence-corrected chi connectivity index (χ3v) is 4.67. The minimum atomic E-state index is -1.10. The van der Waals surface area contributed by atoms with Crippen molar-refractivity contribution in [2.75, 3.05) is 7.11 Å². The van der Waals surface area contributed by atoms with E-state index in [-0.39, 0.29) is 17.4 Å². The maximum absolute atomic E-state index is 14.1. The lowest BCUT2D eigenvalue weighted by molar-refractivity contribution is -0.140. The van der Waals surface area contributed by atoms with E-state index in [1.807, 2.05) is 0 Å². The van der Waals surface area contributed by atoms with Crippen LogP contribution in [0.25, 0.3) is 10.1 Å². The molecule has 0 saturated heterocycles. The summed E-state index contributed by atoms with van der Waals surface area (Å²) in [4.78, 5) is 24.0. The Balaban J connectivity index is 2.46. The van der Waals surface area contributed by atoms with E-state index in [4.69, 9.17) is 4.74 Å². The lowest BCUT2D eigenvalue weighted by atomic mass is 10.0. The van der Waals surface area contributed by atoms with Crippen molar-refractivity contribution in [1.29, 1.82) is 0 Å². The number of methoxy groups -OCH3 is 1. The second-order valence-electron chi connectivity index (χ2n) is 5.49. The summed E-state index contributed by atoms with van der Waals surface area (Å²) in [5.41, 5.74) is 0.441. The van der Waals surface area contributed by atoms with E-state index in [1.165, 1.54) is 13.2 Å². The molecule has 7 heteroatoms. The van der Waals surface area contributed by atoms with Gasteiger partial charge < -0.3 is 15.2 Å². The lowest BCUT2D eigenvalue weighted by Gasteiger charge is -2.17. The zero-order chi connectivity index (χ0) is 17.1. The van der Waals surface area contributed by atoms with Gasteiger partial charge in [0.05, 0.1) is 11.5 Å². The highest BCUT2D eigenvalue weighted by Gasteiger charge is 2.27. The number of benzene rings is 1. The van der Waals surface area contributed by atoms with Crippen molar-refractivity contribution >= 4 is 33.3 Å². The Bertz CT molecular complexity index is 741. The molecule has 0 aliphatic carbocycles. The molecule has 1 atom stereocenters. The van der Waals surface area contributed by atoms with Gasteiger partial charge in [0, 0.05) is 22.8 Å². The average molecular weight is 339 g/mol. The molecule has 2 N–H and O–H groups in total. The lowest BCUT2D eigenvalue weighted by Crippen LogP contribution is -2.44. The molecule has 1 aromatic carbocycles. The number of carbonyl (C=O) groups is 2. The van der Waals surface area contributed by atoms with Crippen LogP contribution < -0.4 is 5.32 Å². The van der Waals surface area contributed by atoms with Gasteiger partial charge in [-0.05, 0) is 18.1 Å². The number of fused-ring (bicyclic) bond motifs is 1. The fraction of sp³-hybridized carbons (Fsp3) is 0.375. The van der Waals surface area contributed by atoms with Crippen LogP contribution in [0.4, 0.5) is 4.39 Å². The molecule has 0 spiro atoms. The van der Waals surface area contributed by atoms with Crippen LogP contribution in [-0.4, -0.2) is 30.1 Å². The molecule has 2 rings (SSSR count). The zero-order valence-electron chi connectivity index (χ0n) is 13.1. The predicted octanol–water partition coefficient (Wildman–Crippen LogP) is 3.03. The van der Waals surface area contributed by atoms with Crippen molar-refractivity contribution < 1.29 is 23.8 Å². The Morgan fingerprint density at radius 2 is 2.09 bits per heavy atom. The SMILES string of the molecule is COCc1c(C(=O)N[C@H](C(=O)O)C(C)C)sc2cccc(F)c12. The summed E-state index contributed by atoms with van der Waals surface area (Å²) in [7, 11) is 1.46. The highest BCUT2D eigenvalue weighted by molar-refractivity contribution is 7.21. The maximum atomic E-state index is 14.1. The topological polar surface area (TPSA) is 75.6 Å². The van der Waals surface area contributed by atoms with Crippen LogP contribution in [-0.2, 0) is 16.1 Å². The first-order chi connectivity index (χ1) is 10.9. The molecule has 1 amide bonds. The number of hydrogen-bond donors (Lipinski definition) is 2. The predicted molar refractivity (Wildman–Crippen MR) is 86.2 cm³/mol. The third-order valence-electron chi connectivity index (χ3n) is 3.48. The fourth-order valence-corrected chi connectivity index (χ4v) is 3.48. The van der Waals surface area contributed by atoms with E-state index < -0.39 is 23.7 Å². The van der Waals surface area contributed by atoms with Crippen molar-refractivity contribution in [2.24, 2.45) is 5.92 Å². The van der Waals surface area contributed by atoms with Gasteiger partial charge in [-0.3, -0.25) is 4.79 Å². The molecule has 5 nitrogen and oxygen atoms in total. The van der Waals surface area contributed by atoms with Gasteiger partial charge >= 0.3 is 5.97 Å². The molecule has 0 aliphatic heterocycles. The first-order valence-electron chi connectivity index (χ1n) is 7.09. The molecule has 23 heavy (non-hydrogen) atoms. The second kappa shape index (κ2) is 7.06. The van der Waals surface area contributed by atoms with Crippen molar-refractivity contribution in [3.8, 4) is 0 Å². The summed E-state index contributed by atoms with van der Waals surface area (Å²) in [6, 6.07) is 3.61. The number of thiophene rings is 1. The monoisotopic (exact) mass is 339 g/mol. The van der Waals surface area contributed by atoms with Crippen molar-refractivity contribution in [2.45, 2.75) is 26.5 Å². The minimum Gasteiger partial charge on any atom is -0.480 e. The number of nitrogens with one attached hydrogen (secondary N) is 1. The van der Waals surface area contributed by atoms with E-state index >= 15 is 0 Å². The summed E-state index contributed by atoms with van der Waals surface area (Å²) in [6.07, 6.45) is 0. The molecule has 0 unspecified atom stereocenters. The zero-order valence-corrected chi connectivity index (χ0v) is 13.9. The van der Waals surface area contributed by atoms with Crippen molar-refractivity contribution in [3.05, 3.63) is 34.5 Å². The standard InChI is InChI=1S/C16H18FNO4S/c1-8(2)13(16(20)21)18-15(19)14-9(7-22-3)12-10(17)5-4-6-11(12)23-14/h4-6,8,13H,7H2,1-3H3,(H,18,19)(H,20,21)/t13-/m0/s1. The van der Waals surface area contributed by atoms with Gasteiger partial charge in [0.25, 0.3) is 5.91 Å². The molecular formula is C16H18FNO4S. The molecule has 0 aliphatic rings. The summed E-state index contributed by atoms with van der Waals surface area (Å²) in [5.74, 6) is -2.33. The fourth-order valence-electron chi connectivity index (χ4n) is 2.35. The van der Waals surface area contributed by atoms with Crippen molar-refractivity contribution in [3.63, 3.8) is 0 Å². The van der Waals surface area contributed by atoms with E-state index in [0.717, 1.165) is 11.3 Å². The summed E-state index contributed by atoms with van der Waals surface area (Å²) in [6.45, 7) is 3.49. The first-order valence-corrected chi connectivity index (χ1v) is 7.91. The number of hydrogen-bond acceptors (Lipinski definition) is 4. The molecule has 124 valence electrons. The number of carbonyl (C=O) groups excluding carboxylic acids is 1. The number of rotatable bonds is 6. The summed E-state index contributed by atoms with van der Waals surface area (Å²) >= 11 is 1.13. The van der Waals surface area contributed by atoms with E-state index in [1.54, 1.807) is 26.0 Å². The Hall–Kier alpha value is -1.99. The van der Waals surface area contributed by atoms with Crippen LogP contribution >= 0.6 is 11.3 Å². The normalized spacial score (nSPS) is 12.6. The van der Waals surface area contributed by atoms with Crippen LogP contribution in [0.3, 0.4) is 0 Å². The number of aliphatic carboxylic acids is 1. The molecule has 0 radical (unpaired) electrons. The maximum Gasteiger partial charge on any atom is 0.326 e. The molecule has 2 aromatic rings. The Kier molecular flexibility index (Phi) is 5.33. The van der Waals surface area contributed by atoms with E-state index in [2.05, 4.69) is 5.32 Å². The van der Waals surface area contributed by atoms with Crippen LogP contribution in [0, 0.1) is 11.7 Å². The summed E-state index contributed by atoms with van der Waals surface area (Å²) < 4.78 is 19.8. The highest BCUT2D eigenvalue weighted by atomic mass is 32.1. The molecule has 0 saturated carbocycles. The van der Waals surface area contributed by atoms with Gasteiger partial charge in [-0.15, -0.1) is 11.3 Å². The van der Waals surface area contributed by atoms with Crippen LogP contribution in [0.2, 0.25) is 0 Å². The van der Waals surface area contributed by atoms with Crippen LogP contribution in [0.1, 0.15) is 29.1 Å². The van der Waals surface area contributed by atoms with Gasteiger partial charge in [-0.1, -0.05) is 19.9 Å². The van der Waals surface area contributed by atoms with Gasteiger partial charge in [-0.25, -0.2) is 9.18 Å².